The first-order valence-electron chi connectivity index (χ1n) is 6.53. The molecule has 0 saturated carbocycles. The van der Waals surface area contributed by atoms with E-state index in [0.29, 0.717) is 0 Å². The molecule has 1 atom stereocenters. The number of nitrogens with two attached hydrogens (primary N) is 2. The predicted molar refractivity (Wildman–Crippen MR) is 81.0 cm³/mol. The third kappa shape index (κ3) is 12.2. The molecule has 1 rings (SSSR count). The zero-order valence-electron chi connectivity index (χ0n) is 11.8. The van der Waals surface area contributed by atoms with Gasteiger partial charge in [-0.1, -0.05) is 30.3 Å². The first-order chi connectivity index (χ1) is 9.76. The van der Waals surface area contributed by atoms with Gasteiger partial charge >= 0.3 is 13.6 Å². The Kier molecular flexibility index (Phi) is 9.86. The topological polar surface area (TPSA) is 147 Å². The molecule has 1 unspecified atom stereocenters. The summed E-state index contributed by atoms with van der Waals surface area (Å²) in [6.45, 7) is 0.740. The number of carboxylic acids is 1. The van der Waals surface area contributed by atoms with Crippen LogP contribution in [0.4, 0.5) is 0 Å². The second-order valence-electron chi connectivity index (χ2n) is 4.50. The lowest BCUT2D eigenvalue weighted by molar-refractivity contribution is -0.138. The van der Waals surface area contributed by atoms with Gasteiger partial charge in [0.1, 0.15) is 6.04 Å². The van der Waals surface area contributed by atoms with Crippen LogP contribution < -0.4 is 11.5 Å². The van der Waals surface area contributed by atoms with Gasteiger partial charge in [-0.2, -0.15) is 0 Å². The highest BCUT2D eigenvalue weighted by molar-refractivity contribution is 7.51. The molecule has 7 N–H and O–H groups in total. The summed E-state index contributed by atoms with van der Waals surface area (Å²) in [7, 11) is -4.00. The first-order valence-corrected chi connectivity index (χ1v) is 8.33. The van der Waals surface area contributed by atoms with Gasteiger partial charge in [-0.15, -0.1) is 0 Å². The monoisotopic (exact) mass is 318 g/mol. The van der Waals surface area contributed by atoms with Crippen LogP contribution in [0.3, 0.4) is 0 Å². The zero-order chi connectivity index (χ0) is 16.3. The minimum absolute atomic E-state index is 0.0838. The molecule has 7 nitrogen and oxygen atoms in total. The van der Waals surface area contributed by atoms with Crippen LogP contribution in [0.1, 0.15) is 18.4 Å². The standard InChI is InChI=1S/C8H11N.C5H12NO5P/c9-7-6-8-4-2-1-3-5-8;6-4(5(7)8)2-1-3-12(9,10)11/h1-5H,6-7,9H2;4H,1-3,6H2,(H,7,8)(H2,9,10,11). The van der Waals surface area contributed by atoms with Crippen LogP contribution >= 0.6 is 7.60 Å². The number of carbonyl (C=O) groups is 1. The number of benzene rings is 1. The van der Waals surface area contributed by atoms with Crippen molar-refractivity contribution in [3.63, 3.8) is 0 Å². The van der Waals surface area contributed by atoms with Gasteiger partial charge in [0.25, 0.3) is 0 Å². The fraction of sp³-hybridized carbons (Fsp3) is 0.462. The van der Waals surface area contributed by atoms with Crippen LogP contribution in [0.15, 0.2) is 30.3 Å². The molecule has 0 radical (unpaired) electrons. The van der Waals surface area contributed by atoms with Gasteiger partial charge in [-0.05, 0) is 31.4 Å². The molecule has 0 aliphatic carbocycles. The van der Waals surface area contributed by atoms with Crippen LogP contribution in [0.5, 0.6) is 0 Å². The Balaban J connectivity index is 0.000000394. The van der Waals surface area contributed by atoms with E-state index in [2.05, 4.69) is 12.1 Å². The molecule has 8 heteroatoms. The van der Waals surface area contributed by atoms with Crippen LogP contribution in [0, 0.1) is 0 Å². The number of hydrogen-bond acceptors (Lipinski definition) is 4. The van der Waals surface area contributed by atoms with E-state index in [-0.39, 0.29) is 19.0 Å². The van der Waals surface area contributed by atoms with Crippen molar-refractivity contribution in [1.82, 2.24) is 0 Å². The zero-order valence-corrected chi connectivity index (χ0v) is 12.7. The molecule has 0 bridgehead atoms. The lowest BCUT2D eigenvalue weighted by Crippen LogP contribution is -2.29. The smallest absolute Gasteiger partial charge is 0.325 e. The minimum Gasteiger partial charge on any atom is -0.480 e. The maximum atomic E-state index is 10.3. The molecular formula is C13H23N2O5P. The van der Waals surface area contributed by atoms with Crippen molar-refractivity contribution in [1.29, 1.82) is 0 Å². The van der Waals surface area contributed by atoms with E-state index in [1.165, 1.54) is 5.56 Å². The Hall–Kier alpha value is -1.24. The van der Waals surface area contributed by atoms with E-state index in [9.17, 15) is 9.36 Å². The molecule has 0 heterocycles. The molecule has 0 amide bonds. The summed E-state index contributed by atoms with van der Waals surface area (Å²) >= 11 is 0. The summed E-state index contributed by atoms with van der Waals surface area (Å²) in [6, 6.07) is 9.23. The van der Waals surface area contributed by atoms with Gasteiger partial charge in [0.05, 0.1) is 0 Å². The van der Waals surface area contributed by atoms with Gasteiger partial charge in [-0.25, -0.2) is 0 Å². The summed E-state index contributed by atoms with van der Waals surface area (Å²) in [5.41, 5.74) is 11.8. The lowest BCUT2D eigenvalue weighted by atomic mass is 10.2. The number of hydrogen-bond donors (Lipinski definition) is 5. The molecule has 0 aromatic heterocycles. The largest absolute Gasteiger partial charge is 0.480 e. The lowest BCUT2D eigenvalue weighted by Gasteiger charge is -2.06. The average Bonchev–Trinajstić information content (AvgIpc) is 2.39. The molecule has 21 heavy (non-hydrogen) atoms. The average molecular weight is 318 g/mol. The van der Waals surface area contributed by atoms with Gasteiger partial charge in [0.2, 0.25) is 0 Å². The van der Waals surface area contributed by atoms with E-state index in [1.54, 1.807) is 0 Å². The van der Waals surface area contributed by atoms with Crippen molar-refractivity contribution < 1.29 is 24.3 Å². The van der Waals surface area contributed by atoms with Gasteiger partial charge < -0.3 is 26.4 Å². The maximum absolute atomic E-state index is 10.3. The summed E-state index contributed by atoms with van der Waals surface area (Å²) in [4.78, 5) is 26.9. The molecule has 0 spiro atoms. The Morgan fingerprint density at radius 3 is 2.24 bits per heavy atom. The Morgan fingerprint density at radius 2 is 1.81 bits per heavy atom. The second-order valence-corrected chi connectivity index (χ2v) is 6.28. The predicted octanol–water partition coefficient (Wildman–Crippen LogP) is 0.544. The van der Waals surface area contributed by atoms with Crippen molar-refractivity contribution in [3.8, 4) is 0 Å². The van der Waals surface area contributed by atoms with Crippen molar-refractivity contribution >= 4 is 13.6 Å². The Bertz CT molecular complexity index is 449. The summed E-state index contributed by atoms with van der Waals surface area (Å²) in [5, 5.41) is 8.29. The van der Waals surface area contributed by atoms with Crippen molar-refractivity contribution in [2.45, 2.75) is 25.3 Å². The highest BCUT2D eigenvalue weighted by Gasteiger charge is 2.16. The number of aliphatic carboxylic acids is 1. The highest BCUT2D eigenvalue weighted by atomic mass is 31.2. The summed E-state index contributed by atoms with van der Waals surface area (Å²) in [6.07, 6.45) is 0.882. The Morgan fingerprint density at radius 1 is 1.24 bits per heavy atom. The van der Waals surface area contributed by atoms with E-state index in [4.69, 9.17) is 26.4 Å². The van der Waals surface area contributed by atoms with Crippen molar-refractivity contribution in [2.24, 2.45) is 11.5 Å². The molecule has 1 aromatic rings. The third-order valence-corrected chi connectivity index (χ3v) is 3.46. The SMILES string of the molecule is NC(CCCP(=O)(O)O)C(=O)O.NCCc1ccccc1. The van der Waals surface area contributed by atoms with Crippen LogP contribution in [0.25, 0.3) is 0 Å². The molecular weight excluding hydrogens is 295 g/mol. The van der Waals surface area contributed by atoms with Gasteiger partial charge in [0.15, 0.2) is 0 Å². The highest BCUT2D eigenvalue weighted by Crippen LogP contribution is 2.35. The fourth-order valence-electron chi connectivity index (χ4n) is 1.45. The van der Waals surface area contributed by atoms with E-state index >= 15 is 0 Å². The molecule has 0 aliphatic heterocycles. The first kappa shape index (κ1) is 19.8. The normalized spacial score (nSPS) is 12.2. The van der Waals surface area contributed by atoms with Crippen LogP contribution in [0.2, 0.25) is 0 Å². The summed E-state index contributed by atoms with van der Waals surface area (Å²) < 4.78 is 10.3. The minimum atomic E-state index is -4.00. The van der Waals surface area contributed by atoms with Gasteiger partial charge in [-0.3, -0.25) is 9.36 Å². The van der Waals surface area contributed by atoms with Crippen LogP contribution in [-0.2, 0) is 15.8 Å². The molecule has 1 aromatic carbocycles. The maximum Gasteiger partial charge on any atom is 0.325 e. The van der Waals surface area contributed by atoms with Gasteiger partial charge in [0, 0.05) is 6.16 Å². The molecule has 0 aliphatic rings. The second kappa shape index (κ2) is 10.5. The van der Waals surface area contributed by atoms with Crippen LogP contribution in [-0.4, -0.2) is 39.6 Å². The molecule has 120 valence electrons. The third-order valence-electron chi connectivity index (χ3n) is 2.56. The van der Waals surface area contributed by atoms with E-state index < -0.39 is 19.6 Å². The van der Waals surface area contributed by atoms with Crippen molar-refractivity contribution in [3.05, 3.63) is 35.9 Å². The quantitative estimate of drug-likeness (QED) is 0.461. The molecule has 0 fully saturated rings. The van der Waals surface area contributed by atoms with Crippen molar-refractivity contribution in [2.75, 3.05) is 12.7 Å². The van der Waals surface area contributed by atoms with E-state index in [0.717, 1.165) is 13.0 Å². The molecule has 0 saturated heterocycles. The van der Waals surface area contributed by atoms with E-state index in [1.807, 2.05) is 18.2 Å². The number of carboxylic acid groups (broad SMARTS) is 1. The Labute approximate surface area is 124 Å². The number of rotatable bonds is 7. The summed E-state index contributed by atoms with van der Waals surface area (Å²) in [5.74, 6) is -1.15. The fourth-order valence-corrected chi connectivity index (χ4v) is 2.05.